The van der Waals surface area contributed by atoms with Crippen molar-refractivity contribution in [1.82, 2.24) is 0 Å². The molecule has 0 N–H and O–H groups in total. The van der Waals surface area contributed by atoms with Crippen molar-refractivity contribution in [3.8, 4) is 23.3 Å². The van der Waals surface area contributed by atoms with Gasteiger partial charge in [0.1, 0.15) is 8.07 Å². The average Bonchev–Trinajstić information content (AvgIpc) is 2.67. The zero-order chi connectivity index (χ0) is 16.4. The van der Waals surface area contributed by atoms with E-state index in [1.165, 1.54) is 0 Å². The Hall–Kier alpha value is -1.72. The van der Waals surface area contributed by atoms with E-state index in [4.69, 9.17) is 14.2 Å². The summed E-state index contributed by atoms with van der Waals surface area (Å²) in [5.74, 6) is 9.72. The monoisotopic (exact) mass is 316 g/mol. The van der Waals surface area contributed by atoms with Crippen LogP contribution in [0.5, 0.6) is 0 Å². The molecule has 0 aliphatic carbocycles. The van der Waals surface area contributed by atoms with Crippen LogP contribution in [0.25, 0.3) is 0 Å². The molecule has 22 heavy (non-hydrogen) atoms. The largest absolute Gasteiger partial charge is 0.456 e. The quantitative estimate of drug-likeness (QED) is 0.450. The molecule has 0 fully saturated rings. The van der Waals surface area contributed by atoms with Crippen molar-refractivity contribution in [3.63, 3.8) is 0 Å². The smallest absolute Gasteiger partial charge is 0.222 e. The van der Waals surface area contributed by atoms with E-state index in [0.29, 0.717) is 19.0 Å². The molecule has 0 aromatic rings. The van der Waals surface area contributed by atoms with Crippen LogP contribution in [-0.4, -0.2) is 27.6 Å². The maximum Gasteiger partial charge on any atom is 0.222 e. The van der Waals surface area contributed by atoms with Gasteiger partial charge in [0.05, 0.1) is 6.26 Å². The predicted octanol–water partition coefficient (Wildman–Crippen LogP) is 3.62. The Kier molecular flexibility index (Phi) is 7.77. The predicted molar refractivity (Wildman–Crippen MR) is 92.3 cm³/mol. The molecule has 0 bridgehead atoms. The van der Waals surface area contributed by atoms with Gasteiger partial charge in [0.2, 0.25) is 6.29 Å². The van der Waals surface area contributed by atoms with Crippen LogP contribution in [0.1, 0.15) is 13.8 Å². The lowest BCUT2D eigenvalue weighted by atomic mass is 10.2. The van der Waals surface area contributed by atoms with Crippen molar-refractivity contribution in [2.75, 3.05) is 13.2 Å². The van der Waals surface area contributed by atoms with E-state index in [1.54, 1.807) is 6.26 Å². The second-order valence-electron chi connectivity index (χ2n) is 5.59. The molecule has 0 saturated heterocycles. The number of rotatable bonds is 4. The van der Waals surface area contributed by atoms with Gasteiger partial charge >= 0.3 is 0 Å². The summed E-state index contributed by atoms with van der Waals surface area (Å²) < 4.78 is 16.3. The average molecular weight is 316 g/mol. The summed E-state index contributed by atoms with van der Waals surface area (Å²) in [5, 5.41) is 0. The van der Waals surface area contributed by atoms with Crippen LogP contribution in [0.3, 0.4) is 0 Å². The van der Waals surface area contributed by atoms with E-state index in [9.17, 15) is 0 Å². The first kappa shape index (κ1) is 18.3. The summed E-state index contributed by atoms with van der Waals surface area (Å²) in [6.07, 6.45) is 6.65. The SMILES string of the molecule is CCOC(C#CC1=CC=C(C#C[Si](C)(C)C)OC=C1)OCC. The minimum Gasteiger partial charge on any atom is -0.456 e. The van der Waals surface area contributed by atoms with E-state index in [1.807, 2.05) is 32.1 Å². The third-order valence-corrected chi connectivity index (χ3v) is 3.26. The zero-order valence-electron chi connectivity index (χ0n) is 14.0. The summed E-state index contributed by atoms with van der Waals surface area (Å²) in [6, 6.07) is 0. The molecular formula is C18H24O3Si. The number of allylic oxidation sites excluding steroid dienone is 5. The van der Waals surface area contributed by atoms with Gasteiger partial charge < -0.3 is 14.2 Å². The van der Waals surface area contributed by atoms with Crippen molar-refractivity contribution in [1.29, 1.82) is 0 Å². The third kappa shape index (κ3) is 7.90. The third-order valence-electron chi connectivity index (χ3n) is 2.39. The summed E-state index contributed by atoms with van der Waals surface area (Å²) in [7, 11) is -1.41. The minimum absolute atomic E-state index is 0.497. The molecule has 0 saturated carbocycles. The van der Waals surface area contributed by atoms with Gasteiger partial charge in [0, 0.05) is 18.8 Å². The van der Waals surface area contributed by atoms with Crippen LogP contribution in [-0.2, 0) is 14.2 Å². The van der Waals surface area contributed by atoms with Crippen molar-refractivity contribution in [2.45, 2.75) is 39.8 Å². The number of hydrogen-bond donors (Lipinski definition) is 0. The molecule has 1 heterocycles. The molecule has 118 valence electrons. The van der Waals surface area contributed by atoms with E-state index in [-0.39, 0.29) is 0 Å². The van der Waals surface area contributed by atoms with Crippen LogP contribution in [0.15, 0.2) is 35.8 Å². The Bertz CT molecular complexity index is 565. The molecule has 0 spiro atoms. The van der Waals surface area contributed by atoms with Crippen LogP contribution in [0.4, 0.5) is 0 Å². The van der Waals surface area contributed by atoms with Crippen LogP contribution < -0.4 is 0 Å². The fourth-order valence-electron chi connectivity index (χ4n) is 1.42. The standard InChI is InChI=1S/C18H24O3Si/c1-6-19-18(20-7-2)11-9-16-8-10-17(21-14-12-16)13-15-22(3,4)5/h8,10,12,14,18H,6-7H2,1-5H3. The van der Waals surface area contributed by atoms with Crippen molar-refractivity contribution in [3.05, 3.63) is 35.8 Å². The summed E-state index contributed by atoms with van der Waals surface area (Å²) >= 11 is 0. The fourth-order valence-corrected chi connectivity index (χ4v) is 1.92. The second kappa shape index (κ2) is 9.33. The zero-order valence-corrected chi connectivity index (χ0v) is 15.0. The first-order valence-corrected chi connectivity index (χ1v) is 11.0. The van der Waals surface area contributed by atoms with Gasteiger partial charge in [-0.3, -0.25) is 0 Å². The Labute approximate surface area is 135 Å². The molecular weight excluding hydrogens is 292 g/mol. The summed E-state index contributed by atoms with van der Waals surface area (Å²) in [6.45, 7) is 11.5. The van der Waals surface area contributed by atoms with Crippen molar-refractivity contribution >= 4 is 8.07 Å². The molecule has 3 nitrogen and oxygen atoms in total. The van der Waals surface area contributed by atoms with Crippen molar-refractivity contribution < 1.29 is 14.2 Å². The van der Waals surface area contributed by atoms with E-state index < -0.39 is 14.4 Å². The highest BCUT2D eigenvalue weighted by molar-refractivity contribution is 6.83. The maximum atomic E-state index is 5.48. The molecule has 0 radical (unpaired) electrons. The highest BCUT2D eigenvalue weighted by Crippen LogP contribution is 2.08. The Morgan fingerprint density at radius 2 is 1.77 bits per heavy atom. The topological polar surface area (TPSA) is 27.7 Å². The van der Waals surface area contributed by atoms with E-state index in [2.05, 4.69) is 42.9 Å². The first-order valence-electron chi connectivity index (χ1n) is 7.47. The Morgan fingerprint density at radius 3 is 2.36 bits per heavy atom. The minimum atomic E-state index is -1.41. The van der Waals surface area contributed by atoms with Gasteiger partial charge in [-0.1, -0.05) is 25.6 Å². The lowest BCUT2D eigenvalue weighted by Crippen LogP contribution is -2.16. The van der Waals surface area contributed by atoms with Crippen LogP contribution in [0.2, 0.25) is 19.6 Å². The van der Waals surface area contributed by atoms with Crippen LogP contribution in [0, 0.1) is 23.3 Å². The van der Waals surface area contributed by atoms with Crippen LogP contribution >= 0.6 is 0 Å². The van der Waals surface area contributed by atoms with Gasteiger partial charge in [-0.2, -0.15) is 0 Å². The van der Waals surface area contributed by atoms with Gasteiger partial charge in [0.15, 0.2) is 5.76 Å². The summed E-state index contributed by atoms with van der Waals surface area (Å²) in [5.41, 5.74) is 4.10. The summed E-state index contributed by atoms with van der Waals surface area (Å²) in [4.78, 5) is 0. The first-order chi connectivity index (χ1) is 10.4. The van der Waals surface area contributed by atoms with E-state index >= 15 is 0 Å². The maximum absolute atomic E-state index is 5.48. The second-order valence-corrected chi connectivity index (χ2v) is 10.3. The molecule has 1 aliphatic rings. The molecule has 4 heteroatoms. The molecule has 1 aliphatic heterocycles. The highest BCUT2D eigenvalue weighted by Gasteiger charge is 2.08. The van der Waals surface area contributed by atoms with Crippen molar-refractivity contribution in [2.24, 2.45) is 0 Å². The lowest BCUT2D eigenvalue weighted by Gasteiger charge is -2.09. The van der Waals surface area contributed by atoms with Gasteiger partial charge in [-0.15, -0.1) is 5.54 Å². The number of hydrogen-bond acceptors (Lipinski definition) is 3. The molecule has 0 atom stereocenters. The molecule has 0 aromatic heterocycles. The van der Waals surface area contributed by atoms with E-state index in [0.717, 1.165) is 5.57 Å². The molecule has 0 unspecified atom stereocenters. The molecule has 0 amide bonds. The molecule has 1 rings (SSSR count). The van der Waals surface area contributed by atoms with Gasteiger partial charge in [0.25, 0.3) is 0 Å². The van der Waals surface area contributed by atoms with Gasteiger partial charge in [-0.25, -0.2) is 0 Å². The highest BCUT2D eigenvalue weighted by atomic mass is 28.3. The Balaban J connectivity index is 2.82. The lowest BCUT2D eigenvalue weighted by molar-refractivity contribution is -0.0969. The molecule has 0 aromatic carbocycles. The normalized spacial score (nSPS) is 13.9. The van der Waals surface area contributed by atoms with Gasteiger partial charge in [-0.05, 0) is 43.9 Å². The number of ether oxygens (including phenoxy) is 3. The fraction of sp³-hybridized carbons (Fsp3) is 0.444. The Morgan fingerprint density at radius 1 is 1.09 bits per heavy atom.